The molecule has 1 N–H and O–H groups in total. The Morgan fingerprint density at radius 1 is 1.28 bits per heavy atom. The van der Waals surface area contributed by atoms with E-state index in [0.29, 0.717) is 0 Å². The molecular weight excluding hydrogens is 220 g/mol. The van der Waals surface area contributed by atoms with Crippen molar-refractivity contribution in [3.05, 3.63) is 41.6 Å². The maximum absolute atomic E-state index is 4.55. The van der Waals surface area contributed by atoms with E-state index < -0.39 is 0 Å². The van der Waals surface area contributed by atoms with Gasteiger partial charge in [0.15, 0.2) is 0 Å². The number of rotatable bonds is 4. The molecule has 2 nitrogen and oxygen atoms in total. The van der Waals surface area contributed by atoms with Crippen molar-refractivity contribution in [2.24, 2.45) is 5.92 Å². The first kappa shape index (κ1) is 11.7. The van der Waals surface area contributed by atoms with Crippen LogP contribution in [0.5, 0.6) is 0 Å². The summed E-state index contributed by atoms with van der Waals surface area (Å²) in [6.45, 7) is 6.44. The Balaban J connectivity index is 1.80. The quantitative estimate of drug-likeness (QED) is 0.887. The largest absolute Gasteiger partial charge is 0.317 e. The van der Waals surface area contributed by atoms with Crippen molar-refractivity contribution in [1.82, 2.24) is 10.3 Å². The molecule has 0 radical (unpaired) electrons. The van der Waals surface area contributed by atoms with E-state index in [1.54, 1.807) is 0 Å². The number of pyridine rings is 1. The molecule has 1 aromatic carbocycles. The highest BCUT2D eigenvalue weighted by Gasteiger charge is 2.37. The van der Waals surface area contributed by atoms with Crippen molar-refractivity contribution in [1.29, 1.82) is 0 Å². The molecule has 1 fully saturated rings. The number of nitrogens with one attached hydrogen (secondary N) is 1. The number of aryl methyl sites for hydroxylation is 1. The molecule has 1 aromatic heterocycles. The van der Waals surface area contributed by atoms with Crippen LogP contribution in [-0.2, 0) is 0 Å². The van der Waals surface area contributed by atoms with Gasteiger partial charge in [-0.3, -0.25) is 4.98 Å². The Bertz CT molecular complexity index is 562. The van der Waals surface area contributed by atoms with E-state index in [1.807, 2.05) is 6.92 Å². The first-order valence-corrected chi connectivity index (χ1v) is 6.86. The molecule has 1 aliphatic carbocycles. The van der Waals surface area contributed by atoms with Gasteiger partial charge in [0.1, 0.15) is 0 Å². The van der Waals surface area contributed by atoms with Crippen LogP contribution in [0.1, 0.15) is 30.5 Å². The average Bonchev–Trinajstić information content (AvgIpc) is 3.15. The average molecular weight is 240 g/mol. The van der Waals surface area contributed by atoms with Gasteiger partial charge in [-0.1, -0.05) is 19.1 Å². The molecule has 0 aliphatic heterocycles. The molecule has 2 heteroatoms. The first-order chi connectivity index (χ1) is 8.78. The van der Waals surface area contributed by atoms with Crippen LogP contribution >= 0.6 is 0 Å². The summed E-state index contributed by atoms with van der Waals surface area (Å²) in [6.07, 6.45) is 1.33. The first-order valence-electron chi connectivity index (χ1n) is 6.86. The Morgan fingerprint density at radius 2 is 2.17 bits per heavy atom. The maximum atomic E-state index is 4.55. The lowest BCUT2D eigenvalue weighted by molar-refractivity contribution is 0.649. The molecule has 0 amide bonds. The maximum Gasteiger partial charge on any atom is 0.0705 e. The van der Waals surface area contributed by atoms with E-state index in [4.69, 9.17) is 0 Å². The molecule has 1 saturated carbocycles. The van der Waals surface area contributed by atoms with Gasteiger partial charge in [-0.05, 0) is 62.0 Å². The van der Waals surface area contributed by atoms with Crippen LogP contribution in [0.25, 0.3) is 10.9 Å². The van der Waals surface area contributed by atoms with Crippen LogP contribution < -0.4 is 5.32 Å². The molecular formula is C16H20N2. The van der Waals surface area contributed by atoms with Crippen LogP contribution in [-0.4, -0.2) is 18.1 Å². The molecule has 1 aliphatic rings. The summed E-state index contributed by atoms with van der Waals surface area (Å²) in [5, 5.41) is 4.71. The van der Waals surface area contributed by atoms with Gasteiger partial charge in [0.25, 0.3) is 0 Å². The van der Waals surface area contributed by atoms with Gasteiger partial charge in [-0.25, -0.2) is 0 Å². The Kier molecular flexibility index (Phi) is 3.04. The van der Waals surface area contributed by atoms with Crippen molar-refractivity contribution in [3.8, 4) is 0 Å². The molecule has 18 heavy (non-hydrogen) atoms. The predicted octanol–water partition coefficient (Wildman–Crippen LogP) is 3.26. The minimum atomic E-state index is 0.759. The number of fused-ring (bicyclic) bond motifs is 1. The summed E-state index contributed by atoms with van der Waals surface area (Å²) in [5.41, 5.74) is 3.69. The number of hydrogen-bond acceptors (Lipinski definition) is 2. The van der Waals surface area contributed by atoms with Crippen molar-refractivity contribution in [2.45, 2.75) is 26.2 Å². The summed E-state index contributed by atoms with van der Waals surface area (Å²) < 4.78 is 0. The standard InChI is InChI=1S/C16H20N2/c1-3-17-10-14-9-15(14)12-6-7-16-13(8-12)5-4-11(2)18-16/h4-8,14-15,17H,3,9-10H2,1-2H3. The summed E-state index contributed by atoms with van der Waals surface area (Å²) in [6, 6.07) is 11.0. The van der Waals surface area contributed by atoms with Gasteiger partial charge in [0.2, 0.25) is 0 Å². The fourth-order valence-electron chi connectivity index (χ4n) is 2.69. The van der Waals surface area contributed by atoms with E-state index in [0.717, 1.165) is 36.1 Å². The van der Waals surface area contributed by atoms with E-state index in [9.17, 15) is 0 Å². The molecule has 0 spiro atoms. The van der Waals surface area contributed by atoms with Gasteiger partial charge in [-0.15, -0.1) is 0 Å². The molecule has 0 saturated heterocycles. The summed E-state index contributed by atoms with van der Waals surface area (Å²) in [7, 11) is 0. The highest BCUT2D eigenvalue weighted by molar-refractivity contribution is 5.79. The van der Waals surface area contributed by atoms with Crippen LogP contribution in [0, 0.1) is 12.8 Å². The lowest BCUT2D eigenvalue weighted by atomic mass is 10.1. The van der Waals surface area contributed by atoms with E-state index in [1.165, 1.54) is 17.4 Å². The Morgan fingerprint density at radius 3 is 3.00 bits per heavy atom. The molecule has 2 aromatic rings. The zero-order chi connectivity index (χ0) is 12.5. The van der Waals surface area contributed by atoms with Crippen LogP contribution in [0.4, 0.5) is 0 Å². The van der Waals surface area contributed by atoms with E-state index >= 15 is 0 Å². The highest BCUT2D eigenvalue weighted by atomic mass is 14.9. The van der Waals surface area contributed by atoms with Gasteiger partial charge in [0, 0.05) is 11.1 Å². The van der Waals surface area contributed by atoms with Crippen LogP contribution in [0.3, 0.4) is 0 Å². The van der Waals surface area contributed by atoms with Gasteiger partial charge < -0.3 is 5.32 Å². The zero-order valence-corrected chi connectivity index (χ0v) is 11.1. The minimum absolute atomic E-state index is 0.759. The molecule has 3 rings (SSSR count). The van der Waals surface area contributed by atoms with E-state index in [2.05, 4.69) is 47.6 Å². The monoisotopic (exact) mass is 240 g/mol. The summed E-state index contributed by atoms with van der Waals surface area (Å²) >= 11 is 0. The Hall–Kier alpha value is -1.41. The lowest BCUT2D eigenvalue weighted by Gasteiger charge is -2.04. The molecule has 1 heterocycles. The number of hydrogen-bond donors (Lipinski definition) is 1. The van der Waals surface area contributed by atoms with Crippen molar-refractivity contribution >= 4 is 10.9 Å². The fourth-order valence-corrected chi connectivity index (χ4v) is 2.69. The lowest BCUT2D eigenvalue weighted by Crippen LogP contribution is -2.16. The predicted molar refractivity (Wildman–Crippen MR) is 75.9 cm³/mol. The molecule has 0 bridgehead atoms. The molecule has 2 unspecified atom stereocenters. The van der Waals surface area contributed by atoms with Gasteiger partial charge in [0.05, 0.1) is 5.52 Å². The molecule has 94 valence electrons. The minimum Gasteiger partial charge on any atom is -0.317 e. The second-order valence-corrected chi connectivity index (χ2v) is 5.31. The smallest absolute Gasteiger partial charge is 0.0705 e. The van der Waals surface area contributed by atoms with Crippen LogP contribution in [0.2, 0.25) is 0 Å². The normalized spacial score (nSPS) is 22.3. The summed E-state index contributed by atoms with van der Waals surface area (Å²) in [4.78, 5) is 4.55. The highest BCUT2D eigenvalue weighted by Crippen LogP contribution is 2.47. The number of benzene rings is 1. The van der Waals surface area contributed by atoms with E-state index in [-0.39, 0.29) is 0 Å². The third-order valence-electron chi connectivity index (χ3n) is 3.86. The third-order valence-corrected chi connectivity index (χ3v) is 3.86. The zero-order valence-electron chi connectivity index (χ0n) is 11.1. The van der Waals surface area contributed by atoms with Crippen molar-refractivity contribution in [3.63, 3.8) is 0 Å². The number of aromatic nitrogens is 1. The Labute approximate surface area is 108 Å². The van der Waals surface area contributed by atoms with Gasteiger partial charge >= 0.3 is 0 Å². The second-order valence-electron chi connectivity index (χ2n) is 5.31. The number of nitrogens with zero attached hydrogens (tertiary/aromatic N) is 1. The molecule has 2 atom stereocenters. The van der Waals surface area contributed by atoms with Crippen molar-refractivity contribution < 1.29 is 0 Å². The third kappa shape index (κ3) is 2.25. The van der Waals surface area contributed by atoms with Crippen LogP contribution in [0.15, 0.2) is 30.3 Å². The topological polar surface area (TPSA) is 24.9 Å². The fraction of sp³-hybridized carbons (Fsp3) is 0.438. The second kappa shape index (κ2) is 4.69. The summed E-state index contributed by atoms with van der Waals surface area (Å²) in [5.74, 6) is 1.59. The van der Waals surface area contributed by atoms with Gasteiger partial charge in [-0.2, -0.15) is 0 Å². The van der Waals surface area contributed by atoms with Crippen molar-refractivity contribution in [2.75, 3.05) is 13.1 Å². The SMILES string of the molecule is CCNCC1CC1c1ccc2nc(C)ccc2c1.